The number of hydrogen-bond donors (Lipinski definition) is 1. The summed E-state index contributed by atoms with van der Waals surface area (Å²) in [4.78, 5) is 12.4. The molecule has 1 aliphatic rings. The Kier molecular flexibility index (Phi) is 5.26. The lowest BCUT2D eigenvalue weighted by atomic mass is 9.74. The van der Waals surface area contributed by atoms with Crippen LogP contribution < -0.4 is 5.32 Å². The largest absolute Gasteiger partial charge is 0.381 e. The van der Waals surface area contributed by atoms with Crippen molar-refractivity contribution in [2.45, 2.75) is 24.7 Å². The first-order chi connectivity index (χ1) is 11.7. The highest BCUT2D eigenvalue weighted by Gasteiger charge is 2.33. The molecule has 1 N–H and O–H groups in total. The Balaban J connectivity index is 1.77. The number of rotatable bonds is 4. The number of carbonyl (C=O) groups excluding carboxylic acids is 1. The van der Waals surface area contributed by atoms with E-state index in [1.54, 1.807) is 0 Å². The topological polar surface area (TPSA) is 38.3 Å². The van der Waals surface area contributed by atoms with Crippen molar-refractivity contribution in [1.82, 2.24) is 5.32 Å². The quantitative estimate of drug-likeness (QED) is 0.930. The summed E-state index contributed by atoms with van der Waals surface area (Å²) < 4.78 is 18.6. The Morgan fingerprint density at radius 3 is 2.54 bits per heavy atom. The minimum absolute atomic E-state index is 0.118. The Morgan fingerprint density at radius 1 is 1.04 bits per heavy atom. The summed E-state index contributed by atoms with van der Waals surface area (Å²) >= 11 is 0. The van der Waals surface area contributed by atoms with E-state index in [-0.39, 0.29) is 17.1 Å². The van der Waals surface area contributed by atoms with Crippen LogP contribution in [0, 0.1) is 5.82 Å². The van der Waals surface area contributed by atoms with E-state index in [1.807, 2.05) is 18.2 Å². The smallest absolute Gasteiger partial charge is 0.251 e. The van der Waals surface area contributed by atoms with Gasteiger partial charge in [0, 0.05) is 30.7 Å². The Labute approximate surface area is 141 Å². The first kappa shape index (κ1) is 16.7. The van der Waals surface area contributed by atoms with Crippen molar-refractivity contribution in [2.24, 2.45) is 0 Å². The maximum absolute atomic E-state index is 13.0. The van der Waals surface area contributed by atoms with Crippen LogP contribution >= 0.6 is 0 Å². The first-order valence-corrected chi connectivity index (χ1v) is 8.37. The maximum Gasteiger partial charge on any atom is 0.251 e. The third-order valence-corrected chi connectivity index (χ3v) is 4.75. The van der Waals surface area contributed by atoms with Crippen LogP contribution in [0.2, 0.25) is 0 Å². The molecule has 0 aromatic heterocycles. The third-order valence-electron chi connectivity index (χ3n) is 4.75. The van der Waals surface area contributed by atoms with Gasteiger partial charge in [-0.2, -0.15) is 0 Å². The Morgan fingerprint density at radius 2 is 1.79 bits per heavy atom. The van der Waals surface area contributed by atoms with E-state index >= 15 is 0 Å². The Bertz CT molecular complexity index is 662. The number of ether oxygens (including phenoxy) is 1. The van der Waals surface area contributed by atoms with Crippen molar-refractivity contribution < 1.29 is 13.9 Å². The lowest BCUT2D eigenvalue weighted by Crippen LogP contribution is -2.41. The lowest BCUT2D eigenvalue weighted by Gasteiger charge is -2.33. The molecule has 24 heavy (non-hydrogen) atoms. The number of halogens is 1. The second kappa shape index (κ2) is 7.58. The van der Waals surface area contributed by atoms with Crippen LogP contribution in [-0.2, 0) is 10.2 Å². The fourth-order valence-corrected chi connectivity index (χ4v) is 3.32. The number of hydrogen-bond acceptors (Lipinski definition) is 2. The molecule has 0 radical (unpaired) electrons. The normalized spacial score (nSPS) is 21.0. The monoisotopic (exact) mass is 327 g/mol. The summed E-state index contributed by atoms with van der Waals surface area (Å²) in [5, 5.41) is 3.04. The maximum atomic E-state index is 13.0. The van der Waals surface area contributed by atoms with Crippen LogP contribution in [0.25, 0.3) is 0 Å². The van der Waals surface area contributed by atoms with E-state index in [0.29, 0.717) is 18.7 Å². The molecule has 0 spiro atoms. The highest BCUT2D eigenvalue weighted by atomic mass is 19.1. The van der Waals surface area contributed by atoms with Gasteiger partial charge in [0.15, 0.2) is 0 Å². The second-order valence-electron chi connectivity index (χ2n) is 6.30. The van der Waals surface area contributed by atoms with Gasteiger partial charge >= 0.3 is 0 Å². The summed E-state index contributed by atoms with van der Waals surface area (Å²) in [5.41, 5.74) is 1.59. The standard InChI is InChI=1S/C20H22FNO2/c21-18-9-7-16(8-10-18)19(23)22-15-20(11-4-13-24-14-12-20)17-5-2-1-3-6-17/h1-3,5-10H,4,11-15H2,(H,22,23). The summed E-state index contributed by atoms with van der Waals surface area (Å²) in [6.07, 6.45) is 2.82. The minimum Gasteiger partial charge on any atom is -0.381 e. The zero-order chi connectivity index (χ0) is 16.8. The van der Waals surface area contributed by atoms with Gasteiger partial charge in [-0.25, -0.2) is 4.39 Å². The molecule has 0 saturated carbocycles. The molecular formula is C20H22FNO2. The van der Waals surface area contributed by atoms with Crippen LogP contribution in [0.3, 0.4) is 0 Å². The van der Waals surface area contributed by atoms with Gasteiger partial charge < -0.3 is 10.1 Å². The van der Waals surface area contributed by atoms with Gasteiger partial charge in [0.25, 0.3) is 5.91 Å². The highest BCUT2D eigenvalue weighted by molar-refractivity contribution is 5.94. The number of amides is 1. The molecule has 0 aliphatic carbocycles. The van der Waals surface area contributed by atoms with Gasteiger partial charge in [0.05, 0.1) is 0 Å². The van der Waals surface area contributed by atoms with E-state index in [1.165, 1.54) is 29.8 Å². The molecule has 4 heteroatoms. The summed E-state index contributed by atoms with van der Waals surface area (Å²) in [5.74, 6) is -0.510. The molecule has 1 amide bonds. The van der Waals surface area contributed by atoms with Crippen molar-refractivity contribution in [3.63, 3.8) is 0 Å². The van der Waals surface area contributed by atoms with Gasteiger partial charge in [0.2, 0.25) is 0 Å². The van der Waals surface area contributed by atoms with Crippen LogP contribution in [0.15, 0.2) is 54.6 Å². The van der Waals surface area contributed by atoms with E-state index in [0.717, 1.165) is 25.9 Å². The molecule has 1 aliphatic heterocycles. The summed E-state index contributed by atoms with van der Waals surface area (Å²) in [6.45, 7) is 2.01. The SMILES string of the molecule is O=C(NCC1(c2ccccc2)CCCOCC1)c1ccc(F)cc1. The summed E-state index contributed by atoms with van der Waals surface area (Å²) in [6, 6.07) is 15.9. The van der Waals surface area contributed by atoms with Crippen molar-refractivity contribution >= 4 is 5.91 Å². The first-order valence-electron chi connectivity index (χ1n) is 8.37. The van der Waals surface area contributed by atoms with Crippen molar-refractivity contribution in [2.75, 3.05) is 19.8 Å². The average molecular weight is 327 g/mol. The molecule has 1 fully saturated rings. The van der Waals surface area contributed by atoms with Gasteiger partial charge in [-0.1, -0.05) is 30.3 Å². The minimum atomic E-state index is -0.340. The Hall–Kier alpha value is -2.20. The fraction of sp³-hybridized carbons (Fsp3) is 0.350. The zero-order valence-electron chi connectivity index (χ0n) is 13.6. The molecule has 1 saturated heterocycles. The number of nitrogens with one attached hydrogen (secondary N) is 1. The van der Waals surface area contributed by atoms with Crippen LogP contribution in [0.1, 0.15) is 35.2 Å². The van der Waals surface area contributed by atoms with Crippen molar-refractivity contribution in [3.8, 4) is 0 Å². The van der Waals surface area contributed by atoms with Gasteiger partial charge in [0.1, 0.15) is 5.82 Å². The second-order valence-corrected chi connectivity index (χ2v) is 6.30. The molecule has 1 atom stereocenters. The molecule has 1 heterocycles. The lowest BCUT2D eigenvalue weighted by molar-refractivity contribution is 0.0937. The van der Waals surface area contributed by atoms with Crippen molar-refractivity contribution in [1.29, 1.82) is 0 Å². The fourth-order valence-electron chi connectivity index (χ4n) is 3.32. The molecule has 2 aromatic rings. The van der Waals surface area contributed by atoms with E-state index in [9.17, 15) is 9.18 Å². The van der Waals surface area contributed by atoms with Crippen molar-refractivity contribution in [3.05, 3.63) is 71.5 Å². The zero-order valence-corrected chi connectivity index (χ0v) is 13.6. The molecule has 2 aromatic carbocycles. The molecule has 0 bridgehead atoms. The molecular weight excluding hydrogens is 305 g/mol. The molecule has 3 rings (SSSR count). The van der Waals surface area contributed by atoms with Gasteiger partial charge in [-0.05, 0) is 49.1 Å². The third kappa shape index (κ3) is 3.82. The van der Waals surface area contributed by atoms with Crippen LogP contribution in [0.4, 0.5) is 4.39 Å². The van der Waals surface area contributed by atoms with Crippen LogP contribution in [-0.4, -0.2) is 25.7 Å². The molecule has 3 nitrogen and oxygen atoms in total. The predicted octanol–water partition coefficient (Wildman–Crippen LogP) is 3.69. The number of benzene rings is 2. The van der Waals surface area contributed by atoms with E-state index in [4.69, 9.17) is 4.74 Å². The van der Waals surface area contributed by atoms with E-state index < -0.39 is 0 Å². The number of carbonyl (C=O) groups is 1. The van der Waals surface area contributed by atoms with Gasteiger partial charge in [-0.3, -0.25) is 4.79 Å². The highest BCUT2D eigenvalue weighted by Crippen LogP contribution is 2.34. The van der Waals surface area contributed by atoms with Crippen LogP contribution in [0.5, 0.6) is 0 Å². The van der Waals surface area contributed by atoms with Gasteiger partial charge in [-0.15, -0.1) is 0 Å². The summed E-state index contributed by atoms with van der Waals surface area (Å²) in [7, 11) is 0. The molecule has 126 valence electrons. The average Bonchev–Trinajstić information content (AvgIpc) is 2.88. The molecule has 1 unspecified atom stereocenters. The van der Waals surface area contributed by atoms with E-state index in [2.05, 4.69) is 17.4 Å². The predicted molar refractivity (Wildman–Crippen MR) is 91.5 cm³/mol.